The first kappa shape index (κ1) is 107. The topological polar surface area (TPSA) is 468 Å². The highest BCUT2D eigenvalue weighted by molar-refractivity contribution is 5.88. The van der Waals surface area contributed by atoms with Crippen LogP contribution in [0.15, 0.2) is 63.3 Å². The molecular formula is C81H138N16O21. The van der Waals surface area contributed by atoms with Gasteiger partial charge in [-0.1, -0.05) is 141 Å². The normalized spacial score (nSPS) is 10.4. The van der Waals surface area contributed by atoms with Gasteiger partial charge >= 0.3 is 30.5 Å². The molecule has 37 nitrogen and oxygen atoms in total. The maximum absolute atomic E-state index is 14.0. The Bertz CT molecular complexity index is 3040. The third kappa shape index (κ3) is 62.5. The van der Waals surface area contributed by atoms with Crippen LogP contribution >= 0.6 is 0 Å². The average molecular weight is 1670 g/mol. The van der Waals surface area contributed by atoms with E-state index in [4.69, 9.17) is 23.7 Å². The van der Waals surface area contributed by atoms with Crippen molar-refractivity contribution >= 4 is 95.4 Å². The summed E-state index contributed by atoms with van der Waals surface area (Å²) in [5, 5.41) is 29.4. The van der Waals surface area contributed by atoms with E-state index in [2.05, 4.69) is 98.3 Å². The van der Waals surface area contributed by atoms with Gasteiger partial charge in [-0.05, 0) is 70.6 Å². The number of nitrogens with zero attached hydrogens (tertiary/aromatic N) is 5. The van der Waals surface area contributed by atoms with Crippen molar-refractivity contribution in [2.45, 2.75) is 187 Å². The molecule has 668 valence electrons. The summed E-state index contributed by atoms with van der Waals surface area (Å²) in [5.74, 6) is -5.22. The van der Waals surface area contributed by atoms with Gasteiger partial charge in [0.2, 0.25) is 65.0 Å². The van der Waals surface area contributed by atoms with E-state index in [1.165, 1.54) is 68.3 Å². The molecule has 0 aliphatic rings. The molecule has 37 heteroatoms. The molecule has 0 aromatic carbocycles. The summed E-state index contributed by atoms with van der Waals surface area (Å²) in [7, 11) is 1.42. The first-order chi connectivity index (χ1) is 57.0. The third-order valence-electron chi connectivity index (χ3n) is 17.6. The molecule has 0 radical (unpaired) electrons. The molecule has 0 aromatic heterocycles. The van der Waals surface area contributed by atoms with E-state index in [-0.39, 0.29) is 181 Å². The van der Waals surface area contributed by atoms with Crippen molar-refractivity contribution < 1.29 is 100 Å². The summed E-state index contributed by atoms with van der Waals surface area (Å²) in [5.41, 5.74) is 0. The molecule has 0 aliphatic heterocycles. The second kappa shape index (κ2) is 73.8. The second-order valence-electron chi connectivity index (χ2n) is 27.5. The van der Waals surface area contributed by atoms with Crippen LogP contribution in [0.5, 0.6) is 0 Å². The molecule has 0 rings (SSSR count). The third-order valence-corrected chi connectivity index (χ3v) is 17.6. The summed E-state index contributed by atoms with van der Waals surface area (Å²) in [6.07, 6.45) is 18.7. The Morgan fingerprint density at radius 1 is 0.237 bits per heavy atom. The van der Waals surface area contributed by atoms with Crippen LogP contribution in [0, 0.1) is 0 Å². The molecule has 0 heterocycles. The fourth-order valence-corrected chi connectivity index (χ4v) is 11.2. The van der Waals surface area contributed by atoms with Crippen LogP contribution in [0.2, 0.25) is 0 Å². The van der Waals surface area contributed by atoms with E-state index in [1.807, 2.05) is 0 Å². The van der Waals surface area contributed by atoms with E-state index >= 15 is 0 Å². The highest BCUT2D eigenvalue weighted by atomic mass is 16.6. The standard InChI is InChI=1S/C81H138N16O21/c1-8-14-15-16-17-18-24-35-66(98)83-46-51-94(73(105)37-26-20-31-42-89-78(110)115-57-10-3)62-68(100)85-48-53-96(75(107)39-28-22-33-44-91-80(112)117-59-12-5)64-70(102)87-50-55-97(76(108)40-29-23-34-45-92-81(113)118-60-13-6)65-71(103)86-49-54-95(74(106)38-27-21-32-43-90-79(111)116-58-11-4)63-69(101)84-47-52-93(61-67(99)82-7)72(104)36-25-19-30-41-88-77(109)114-56-9-2/h9-13H,2-6,8,14-65H2,1,7H3,(H,82,99)(H,83,98)(H,84,101)(H,85,100)(H,86,103)(H,87,102)(H,88,109)(H,89,110)(H,90,111)(H,91,112)(H,92,113). The van der Waals surface area contributed by atoms with Crippen LogP contribution < -0.4 is 58.5 Å². The van der Waals surface area contributed by atoms with Crippen LogP contribution in [-0.4, -0.2) is 291 Å². The second-order valence-corrected chi connectivity index (χ2v) is 27.5. The number of hydrogen-bond acceptors (Lipinski definition) is 21. The average Bonchev–Trinajstić information content (AvgIpc) is 1.05. The van der Waals surface area contributed by atoms with Gasteiger partial charge in [-0.25, -0.2) is 24.0 Å². The lowest BCUT2D eigenvalue weighted by atomic mass is 10.1. The first-order valence-corrected chi connectivity index (χ1v) is 41.5. The molecule has 0 atom stereocenters. The first-order valence-electron chi connectivity index (χ1n) is 41.5. The lowest BCUT2D eigenvalue weighted by molar-refractivity contribution is -0.137. The maximum Gasteiger partial charge on any atom is 0.407 e. The molecule has 0 aromatic rings. The smallest absolute Gasteiger partial charge is 0.407 e. The number of ether oxygens (including phenoxy) is 5. The quantitative estimate of drug-likeness (QED) is 0.0218. The zero-order valence-electron chi connectivity index (χ0n) is 70.2. The van der Waals surface area contributed by atoms with Crippen LogP contribution in [0.3, 0.4) is 0 Å². The van der Waals surface area contributed by atoms with Crippen molar-refractivity contribution in [2.24, 2.45) is 0 Å². The van der Waals surface area contributed by atoms with Gasteiger partial charge < -0.3 is 107 Å². The van der Waals surface area contributed by atoms with Crippen LogP contribution in [0.4, 0.5) is 24.0 Å². The molecule has 0 fully saturated rings. The highest BCUT2D eigenvalue weighted by Crippen LogP contribution is 2.12. The number of unbranched alkanes of at least 4 members (excludes halogenated alkanes) is 16. The molecule has 0 spiro atoms. The van der Waals surface area contributed by atoms with Crippen LogP contribution in [0.25, 0.3) is 0 Å². The minimum atomic E-state index is -0.667. The van der Waals surface area contributed by atoms with Gasteiger partial charge in [-0.2, -0.15) is 0 Å². The minimum Gasteiger partial charge on any atom is -0.445 e. The summed E-state index contributed by atoms with van der Waals surface area (Å²) >= 11 is 0. The van der Waals surface area contributed by atoms with E-state index in [0.717, 1.165) is 32.1 Å². The van der Waals surface area contributed by atoms with Gasteiger partial charge in [0.05, 0.1) is 32.7 Å². The summed E-state index contributed by atoms with van der Waals surface area (Å²) in [4.78, 5) is 215. The Morgan fingerprint density at radius 3 is 0.653 bits per heavy atom. The Balaban J connectivity index is 6.66. The van der Waals surface area contributed by atoms with Gasteiger partial charge in [0, 0.05) is 144 Å². The predicted molar refractivity (Wildman–Crippen MR) is 445 cm³/mol. The van der Waals surface area contributed by atoms with Crippen molar-refractivity contribution in [3.8, 4) is 0 Å². The van der Waals surface area contributed by atoms with Crippen molar-refractivity contribution in [1.29, 1.82) is 0 Å². The van der Waals surface area contributed by atoms with E-state index in [0.29, 0.717) is 122 Å². The van der Waals surface area contributed by atoms with E-state index < -0.39 is 97.4 Å². The molecule has 11 N–H and O–H groups in total. The predicted octanol–water partition coefficient (Wildman–Crippen LogP) is 4.96. The number of nitrogens with one attached hydrogen (secondary N) is 11. The number of carbonyl (C=O) groups is 16. The van der Waals surface area contributed by atoms with Gasteiger partial charge in [0.15, 0.2) is 0 Å². The van der Waals surface area contributed by atoms with Crippen molar-refractivity contribution in [3.63, 3.8) is 0 Å². The highest BCUT2D eigenvalue weighted by Gasteiger charge is 2.25. The van der Waals surface area contributed by atoms with Gasteiger partial charge in [-0.15, -0.1) is 0 Å². The largest absolute Gasteiger partial charge is 0.445 e. The van der Waals surface area contributed by atoms with Gasteiger partial charge in [0.1, 0.15) is 33.0 Å². The van der Waals surface area contributed by atoms with Crippen LogP contribution in [0.1, 0.15) is 187 Å². The Morgan fingerprint density at radius 2 is 0.432 bits per heavy atom. The molecule has 0 bridgehead atoms. The van der Waals surface area contributed by atoms with Crippen molar-refractivity contribution in [2.75, 3.05) is 171 Å². The molecule has 0 aliphatic carbocycles. The van der Waals surface area contributed by atoms with Gasteiger partial charge in [0.25, 0.3) is 0 Å². The lowest BCUT2D eigenvalue weighted by Gasteiger charge is -2.26. The van der Waals surface area contributed by atoms with Crippen molar-refractivity contribution in [3.05, 3.63) is 63.3 Å². The van der Waals surface area contributed by atoms with E-state index in [9.17, 15) is 76.7 Å². The monoisotopic (exact) mass is 1670 g/mol. The summed E-state index contributed by atoms with van der Waals surface area (Å²) in [6.45, 7) is 17.9. The fraction of sp³-hybridized carbons (Fsp3) is 0.679. The molecule has 0 saturated heterocycles. The minimum absolute atomic E-state index is 0.0136. The number of likely N-dealkylation sites (N-methyl/N-ethyl adjacent to an activating group) is 1. The molecule has 16 amide bonds. The number of alkyl carbamates (subject to hydrolysis) is 5. The molecule has 118 heavy (non-hydrogen) atoms. The Kier molecular flexibility index (Phi) is 67.1. The van der Waals surface area contributed by atoms with Crippen LogP contribution in [-0.2, 0) is 76.4 Å². The number of hydrogen-bond donors (Lipinski definition) is 11. The Labute approximate surface area is 696 Å². The summed E-state index contributed by atoms with van der Waals surface area (Å²) < 4.78 is 24.7. The SMILES string of the molecule is C=CCOC(=O)NCCCCCC(=O)N(CCNC(=O)CN(CCNC(=O)CN(CCNC(=O)CN(CCNC(=O)CN(CCNC(=O)CCCCCCCCC)C(=O)CCCCCNC(=O)OCC=C)C(=O)CCCCCNC(=O)OCC=C)C(=O)CCCCCNC(=O)OCC=C)C(=O)CCCCCNC(=O)OCC=C)CC(=O)NC. The van der Waals surface area contributed by atoms with Gasteiger partial charge in [-0.3, -0.25) is 52.7 Å². The number of carbonyl (C=O) groups excluding carboxylic acids is 16. The Hall–Kier alpha value is -10.8. The molecular weight excluding hydrogens is 1530 g/mol. The lowest BCUT2D eigenvalue weighted by Crippen LogP contribution is -2.49. The molecule has 0 unspecified atom stereocenters. The fourth-order valence-electron chi connectivity index (χ4n) is 11.2. The van der Waals surface area contributed by atoms with E-state index in [1.54, 1.807) is 0 Å². The maximum atomic E-state index is 14.0. The zero-order chi connectivity index (χ0) is 87.5. The van der Waals surface area contributed by atoms with Crippen molar-refractivity contribution in [1.82, 2.24) is 83.0 Å². The number of amides is 16. The molecule has 0 saturated carbocycles. The zero-order valence-corrected chi connectivity index (χ0v) is 70.2. The number of rotatable bonds is 73. The summed E-state index contributed by atoms with van der Waals surface area (Å²) in [6, 6.07) is 0.